The Hall–Kier alpha value is -2.94. The monoisotopic (exact) mass is 458 g/mol. The molecule has 3 amide bonds. The van der Waals surface area contributed by atoms with Crippen molar-refractivity contribution in [3.63, 3.8) is 0 Å². The molecular weight excluding hydrogens is 435 g/mol. The van der Waals surface area contributed by atoms with Crippen LogP contribution >= 0.6 is 11.6 Å². The number of piperazine rings is 1. The van der Waals surface area contributed by atoms with Gasteiger partial charge in [0.2, 0.25) is 5.91 Å². The summed E-state index contributed by atoms with van der Waals surface area (Å²) in [6.07, 6.45) is 3.13. The number of halogens is 2. The molecule has 168 valence electrons. The highest BCUT2D eigenvalue weighted by Crippen LogP contribution is 2.25. The van der Waals surface area contributed by atoms with E-state index in [0.717, 1.165) is 5.56 Å². The molecule has 0 radical (unpaired) electrons. The number of primary amides is 1. The van der Waals surface area contributed by atoms with E-state index in [0.29, 0.717) is 49.1 Å². The number of carbonyl (C=O) groups excluding carboxylic acids is 2. The molecule has 3 N–H and O–H groups in total. The second-order valence-electron chi connectivity index (χ2n) is 7.94. The molecule has 0 saturated carbocycles. The first kappa shape index (κ1) is 22.3. The summed E-state index contributed by atoms with van der Waals surface area (Å²) in [5, 5.41) is 2.96. The Labute approximate surface area is 190 Å². The highest BCUT2D eigenvalue weighted by atomic mass is 35.5. The summed E-state index contributed by atoms with van der Waals surface area (Å²) in [7, 11) is 0. The fraction of sp³-hybridized carbons (Fsp3) is 0.304. The number of nitrogens with one attached hydrogen (secondary N) is 1. The molecule has 9 heteroatoms. The number of hydrogen-bond donors (Lipinski definition) is 2. The van der Waals surface area contributed by atoms with Gasteiger partial charge in [0.25, 0.3) is 0 Å². The quantitative estimate of drug-likeness (QED) is 0.674. The summed E-state index contributed by atoms with van der Waals surface area (Å²) < 4.78 is 18.9. The molecule has 7 nitrogen and oxygen atoms in total. The molecule has 0 aliphatic carbocycles. The number of amides is 3. The van der Waals surface area contributed by atoms with E-state index < -0.39 is 6.03 Å². The number of morpholine rings is 1. The third kappa shape index (κ3) is 5.27. The van der Waals surface area contributed by atoms with E-state index in [4.69, 9.17) is 22.1 Å². The highest BCUT2D eigenvalue weighted by Gasteiger charge is 2.39. The largest absolute Gasteiger partial charge is 0.378 e. The number of nitrogens with zero attached hydrogens (tertiary/aromatic N) is 2. The van der Waals surface area contributed by atoms with Gasteiger partial charge in [-0.25, -0.2) is 9.18 Å². The number of benzene rings is 2. The first-order valence-corrected chi connectivity index (χ1v) is 10.7. The van der Waals surface area contributed by atoms with Gasteiger partial charge in [-0.1, -0.05) is 29.8 Å². The van der Waals surface area contributed by atoms with E-state index >= 15 is 0 Å². The summed E-state index contributed by atoms with van der Waals surface area (Å²) in [6.45, 7) is 2.83. The summed E-state index contributed by atoms with van der Waals surface area (Å²) >= 11 is 5.99. The van der Waals surface area contributed by atoms with E-state index in [1.807, 2.05) is 4.90 Å². The first-order chi connectivity index (χ1) is 15.4. The van der Waals surface area contributed by atoms with Crippen molar-refractivity contribution in [2.75, 3.05) is 31.6 Å². The molecule has 2 bridgehead atoms. The lowest BCUT2D eigenvalue weighted by molar-refractivity contribution is -0.141. The number of rotatable bonds is 5. The van der Waals surface area contributed by atoms with Crippen LogP contribution in [0.5, 0.6) is 0 Å². The van der Waals surface area contributed by atoms with Gasteiger partial charge >= 0.3 is 6.03 Å². The molecule has 0 aromatic heterocycles. The summed E-state index contributed by atoms with van der Waals surface area (Å²) in [6, 6.07) is 10.9. The number of ether oxygens (including phenoxy) is 1. The van der Waals surface area contributed by atoms with Crippen LogP contribution in [0.15, 0.2) is 48.5 Å². The van der Waals surface area contributed by atoms with E-state index in [-0.39, 0.29) is 23.8 Å². The summed E-state index contributed by atoms with van der Waals surface area (Å²) in [5.41, 5.74) is 7.30. The van der Waals surface area contributed by atoms with Gasteiger partial charge in [-0.15, -0.1) is 0 Å². The maximum atomic E-state index is 13.2. The lowest BCUT2D eigenvalue weighted by Crippen LogP contribution is -2.64. The molecule has 4 rings (SSSR count). The van der Waals surface area contributed by atoms with Crippen molar-refractivity contribution in [3.8, 4) is 0 Å². The molecule has 2 aliphatic rings. The number of anilines is 1. The lowest BCUT2D eigenvalue weighted by Gasteiger charge is -2.49. The van der Waals surface area contributed by atoms with E-state index in [1.165, 1.54) is 18.2 Å². The minimum atomic E-state index is -0.710. The van der Waals surface area contributed by atoms with Crippen molar-refractivity contribution in [1.82, 2.24) is 9.80 Å². The predicted molar refractivity (Wildman–Crippen MR) is 121 cm³/mol. The van der Waals surface area contributed by atoms with Crippen molar-refractivity contribution >= 4 is 35.3 Å². The molecular formula is C23H24ClFN4O3. The Morgan fingerprint density at radius 1 is 1.16 bits per heavy atom. The second-order valence-corrected chi connectivity index (χ2v) is 8.38. The third-order valence-corrected chi connectivity index (χ3v) is 5.92. The van der Waals surface area contributed by atoms with Gasteiger partial charge in [0.1, 0.15) is 5.82 Å². The average molecular weight is 459 g/mol. The second kappa shape index (κ2) is 9.68. The maximum absolute atomic E-state index is 13.2. The van der Waals surface area contributed by atoms with Crippen LogP contribution in [0.2, 0.25) is 5.02 Å². The normalized spacial score (nSPS) is 21.0. The SMILES string of the molecule is NC(=O)Nc1cc(Cl)ccc1C=CC(=O)N1CC2COCC(C1)N2Cc1ccc(F)cc1. The highest BCUT2D eigenvalue weighted by molar-refractivity contribution is 6.31. The molecule has 2 saturated heterocycles. The van der Waals surface area contributed by atoms with Gasteiger partial charge in [0.15, 0.2) is 0 Å². The zero-order valence-corrected chi connectivity index (χ0v) is 18.1. The maximum Gasteiger partial charge on any atom is 0.316 e. The minimum absolute atomic E-state index is 0.0625. The summed E-state index contributed by atoms with van der Waals surface area (Å²) in [5.74, 6) is -0.377. The van der Waals surface area contributed by atoms with Crippen molar-refractivity contribution in [2.24, 2.45) is 5.73 Å². The number of urea groups is 1. The molecule has 2 fully saturated rings. The van der Waals surface area contributed by atoms with Gasteiger partial charge in [-0.2, -0.15) is 0 Å². The van der Waals surface area contributed by atoms with Gasteiger partial charge < -0.3 is 20.7 Å². The fourth-order valence-corrected chi connectivity index (χ4v) is 4.32. The van der Waals surface area contributed by atoms with Crippen molar-refractivity contribution < 1.29 is 18.7 Å². The molecule has 2 aliphatic heterocycles. The fourth-order valence-electron chi connectivity index (χ4n) is 4.15. The van der Waals surface area contributed by atoms with Crippen LogP contribution in [0.3, 0.4) is 0 Å². The van der Waals surface area contributed by atoms with E-state index in [9.17, 15) is 14.0 Å². The number of carbonyl (C=O) groups is 2. The van der Waals surface area contributed by atoms with Crippen molar-refractivity contribution in [1.29, 1.82) is 0 Å². The Bertz CT molecular complexity index is 1020. The van der Waals surface area contributed by atoms with Gasteiger partial charge in [0.05, 0.1) is 31.0 Å². The number of hydrogen-bond acceptors (Lipinski definition) is 4. The van der Waals surface area contributed by atoms with Crippen molar-refractivity contribution in [3.05, 3.63) is 70.5 Å². The van der Waals surface area contributed by atoms with Crippen LogP contribution in [0.4, 0.5) is 14.9 Å². The molecule has 2 aromatic carbocycles. The molecule has 32 heavy (non-hydrogen) atoms. The van der Waals surface area contributed by atoms with Crippen LogP contribution < -0.4 is 11.1 Å². The van der Waals surface area contributed by atoms with Gasteiger partial charge in [-0.3, -0.25) is 9.69 Å². The van der Waals surface area contributed by atoms with Crippen molar-refractivity contribution in [2.45, 2.75) is 18.6 Å². The van der Waals surface area contributed by atoms with Crippen LogP contribution in [-0.2, 0) is 16.1 Å². The Balaban J connectivity index is 1.44. The first-order valence-electron chi connectivity index (χ1n) is 10.3. The summed E-state index contributed by atoms with van der Waals surface area (Å²) in [4.78, 5) is 28.3. The molecule has 2 aromatic rings. The molecule has 2 atom stereocenters. The third-order valence-electron chi connectivity index (χ3n) is 5.69. The molecule has 2 heterocycles. The van der Waals surface area contributed by atoms with Crippen LogP contribution in [0.25, 0.3) is 6.08 Å². The lowest BCUT2D eigenvalue weighted by atomic mass is 10.0. The smallest absolute Gasteiger partial charge is 0.316 e. The zero-order valence-electron chi connectivity index (χ0n) is 17.3. The average Bonchev–Trinajstić information content (AvgIpc) is 2.74. The molecule has 2 unspecified atom stereocenters. The van der Waals surface area contributed by atoms with E-state index in [1.54, 1.807) is 36.4 Å². The standard InChI is InChI=1S/C23H24ClFN4O3/c24-17-5-3-16(21(9-17)27-23(26)31)4-8-22(30)28-11-19-13-32-14-20(12-28)29(19)10-15-1-6-18(25)7-2-15/h1-9,19-20H,10-14H2,(H3,26,27,31). The number of nitrogens with two attached hydrogens (primary N) is 1. The van der Waals surface area contributed by atoms with Crippen LogP contribution in [0, 0.1) is 5.82 Å². The Morgan fingerprint density at radius 3 is 2.50 bits per heavy atom. The van der Waals surface area contributed by atoms with E-state index in [2.05, 4.69) is 10.2 Å². The minimum Gasteiger partial charge on any atom is -0.378 e. The number of fused-ring (bicyclic) bond motifs is 2. The molecule has 0 spiro atoms. The van der Waals surface area contributed by atoms with Gasteiger partial charge in [0, 0.05) is 30.7 Å². The van der Waals surface area contributed by atoms with Crippen LogP contribution in [0.1, 0.15) is 11.1 Å². The topological polar surface area (TPSA) is 87.9 Å². The van der Waals surface area contributed by atoms with Gasteiger partial charge in [-0.05, 0) is 41.5 Å². The Morgan fingerprint density at radius 2 is 1.84 bits per heavy atom. The van der Waals surface area contributed by atoms with Crippen LogP contribution in [-0.4, -0.2) is 60.1 Å². The predicted octanol–water partition coefficient (Wildman–Crippen LogP) is 3.09. The Kier molecular flexibility index (Phi) is 6.74. The zero-order chi connectivity index (χ0) is 22.7.